The summed E-state index contributed by atoms with van der Waals surface area (Å²) in [6.45, 7) is 2.22. The smallest absolute Gasteiger partial charge is 0.243 e. The average Bonchev–Trinajstić information content (AvgIpc) is 2.56. The molecule has 0 saturated carbocycles. The van der Waals surface area contributed by atoms with Crippen LogP contribution in [0.4, 0.5) is 11.4 Å². The fourth-order valence-electron chi connectivity index (χ4n) is 2.28. The van der Waals surface area contributed by atoms with Crippen molar-refractivity contribution < 1.29 is 4.79 Å². The van der Waals surface area contributed by atoms with Crippen LogP contribution in [-0.2, 0) is 4.79 Å². The van der Waals surface area contributed by atoms with Gasteiger partial charge in [0.2, 0.25) is 5.91 Å². The summed E-state index contributed by atoms with van der Waals surface area (Å²) in [6, 6.07) is 15.5. The van der Waals surface area contributed by atoms with Crippen LogP contribution in [0.15, 0.2) is 59.2 Å². The van der Waals surface area contributed by atoms with Crippen molar-refractivity contribution in [3.05, 3.63) is 64.8 Å². The fraction of sp³-hybridized carbons (Fsp3) is 0.111. The van der Waals surface area contributed by atoms with E-state index in [0.717, 1.165) is 32.3 Å². The standard InChI is InChI=1S/C18H16BrN3O/c1-12-7-8-14(10-15(12)19)21-11-17(23)22-16-6-2-4-13-5-3-9-20-18(13)16/h2-10,21H,11H2,1H3,(H,22,23). The molecule has 4 nitrogen and oxygen atoms in total. The molecule has 0 fully saturated rings. The minimum Gasteiger partial charge on any atom is -0.376 e. The highest BCUT2D eigenvalue weighted by atomic mass is 79.9. The molecule has 1 heterocycles. The number of aromatic nitrogens is 1. The molecule has 0 aliphatic carbocycles. The minimum atomic E-state index is -0.111. The van der Waals surface area contributed by atoms with Crippen molar-refractivity contribution >= 4 is 44.1 Å². The van der Waals surface area contributed by atoms with E-state index in [9.17, 15) is 4.79 Å². The first-order valence-corrected chi connectivity index (χ1v) is 8.06. The molecule has 2 N–H and O–H groups in total. The summed E-state index contributed by atoms with van der Waals surface area (Å²) < 4.78 is 1.01. The molecule has 2 aromatic carbocycles. The minimum absolute atomic E-state index is 0.111. The summed E-state index contributed by atoms with van der Waals surface area (Å²) in [4.78, 5) is 16.5. The van der Waals surface area contributed by atoms with E-state index in [1.165, 1.54) is 0 Å². The number of hydrogen-bond acceptors (Lipinski definition) is 3. The van der Waals surface area contributed by atoms with Crippen molar-refractivity contribution in [2.45, 2.75) is 6.92 Å². The second kappa shape index (κ2) is 6.79. The molecule has 0 aliphatic heterocycles. The first-order valence-electron chi connectivity index (χ1n) is 7.27. The third-order valence-electron chi connectivity index (χ3n) is 3.53. The molecule has 116 valence electrons. The molecule has 3 rings (SSSR count). The molecule has 1 aromatic heterocycles. The molecule has 0 bridgehead atoms. The summed E-state index contributed by atoms with van der Waals surface area (Å²) in [5, 5.41) is 7.02. The number of benzene rings is 2. The predicted octanol–water partition coefficient (Wildman–Crippen LogP) is 4.36. The normalized spacial score (nSPS) is 10.5. The van der Waals surface area contributed by atoms with Gasteiger partial charge in [-0.05, 0) is 36.8 Å². The third-order valence-corrected chi connectivity index (χ3v) is 4.39. The van der Waals surface area contributed by atoms with Crippen molar-refractivity contribution in [3.63, 3.8) is 0 Å². The van der Waals surface area contributed by atoms with E-state index in [2.05, 4.69) is 31.5 Å². The van der Waals surface area contributed by atoms with Gasteiger partial charge < -0.3 is 10.6 Å². The number of amides is 1. The zero-order valence-corrected chi connectivity index (χ0v) is 14.2. The van der Waals surface area contributed by atoms with Gasteiger partial charge in [0.25, 0.3) is 0 Å². The number of para-hydroxylation sites is 1. The van der Waals surface area contributed by atoms with Gasteiger partial charge in [-0.3, -0.25) is 9.78 Å². The number of carbonyl (C=O) groups is 1. The lowest BCUT2D eigenvalue weighted by Crippen LogP contribution is -2.22. The number of rotatable bonds is 4. The van der Waals surface area contributed by atoms with Gasteiger partial charge in [-0.2, -0.15) is 0 Å². The first-order chi connectivity index (χ1) is 11.1. The molecule has 0 spiro atoms. The molecule has 3 aromatic rings. The van der Waals surface area contributed by atoms with Gasteiger partial charge in [0.1, 0.15) is 0 Å². The number of hydrogen-bond donors (Lipinski definition) is 2. The largest absolute Gasteiger partial charge is 0.376 e. The Hall–Kier alpha value is -2.40. The van der Waals surface area contributed by atoms with Crippen LogP contribution in [0.2, 0.25) is 0 Å². The van der Waals surface area contributed by atoms with E-state index in [4.69, 9.17) is 0 Å². The van der Waals surface area contributed by atoms with Crippen molar-refractivity contribution in [3.8, 4) is 0 Å². The summed E-state index contributed by atoms with van der Waals surface area (Å²) >= 11 is 3.49. The van der Waals surface area contributed by atoms with Gasteiger partial charge in [0, 0.05) is 21.7 Å². The number of aryl methyl sites for hydroxylation is 1. The van der Waals surface area contributed by atoms with Crippen LogP contribution in [0.1, 0.15) is 5.56 Å². The lowest BCUT2D eigenvalue weighted by molar-refractivity contribution is -0.114. The van der Waals surface area contributed by atoms with Crippen LogP contribution in [0.3, 0.4) is 0 Å². The van der Waals surface area contributed by atoms with Crippen LogP contribution in [0.25, 0.3) is 10.9 Å². The molecule has 0 unspecified atom stereocenters. The second-order valence-corrected chi connectivity index (χ2v) is 6.10. The number of nitrogens with zero attached hydrogens (tertiary/aromatic N) is 1. The Morgan fingerprint density at radius 1 is 1.17 bits per heavy atom. The fourth-order valence-corrected chi connectivity index (χ4v) is 2.66. The molecule has 0 saturated heterocycles. The summed E-state index contributed by atoms with van der Waals surface area (Å²) in [6.07, 6.45) is 1.72. The molecule has 1 amide bonds. The number of nitrogens with one attached hydrogen (secondary N) is 2. The van der Waals surface area contributed by atoms with E-state index in [-0.39, 0.29) is 12.5 Å². The molecule has 0 aliphatic rings. The van der Waals surface area contributed by atoms with Crippen molar-refractivity contribution in [1.82, 2.24) is 4.98 Å². The van der Waals surface area contributed by atoms with Gasteiger partial charge in [-0.1, -0.05) is 40.2 Å². The van der Waals surface area contributed by atoms with Gasteiger partial charge in [-0.15, -0.1) is 0 Å². The second-order valence-electron chi connectivity index (χ2n) is 5.25. The summed E-state index contributed by atoms with van der Waals surface area (Å²) in [7, 11) is 0. The number of halogens is 1. The highest BCUT2D eigenvalue weighted by Gasteiger charge is 2.07. The van der Waals surface area contributed by atoms with E-state index in [1.807, 2.05) is 55.5 Å². The molecule has 5 heteroatoms. The number of pyridine rings is 1. The zero-order valence-electron chi connectivity index (χ0n) is 12.6. The first kappa shape index (κ1) is 15.5. The van der Waals surface area contributed by atoms with Crippen molar-refractivity contribution in [2.75, 3.05) is 17.2 Å². The zero-order chi connectivity index (χ0) is 16.2. The highest BCUT2D eigenvalue weighted by molar-refractivity contribution is 9.10. The SMILES string of the molecule is Cc1ccc(NCC(=O)Nc2cccc3cccnc23)cc1Br. The monoisotopic (exact) mass is 369 g/mol. The van der Waals surface area contributed by atoms with Gasteiger partial charge in [-0.25, -0.2) is 0 Å². The molecule has 0 radical (unpaired) electrons. The third kappa shape index (κ3) is 3.68. The lowest BCUT2D eigenvalue weighted by atomic mass is 10.2. The average molecular weight is 370 g/mol. The molecule has 0 atom stereocenters. The van der Waals surface area contributed by atoms with Crippen LogP contribution < -0.4 is 10.6 Å². The van der Waals surface area contributed by atoms with Gasteiger partial charge in [0.15, 0.2) is 0 Å². The van der Waals surface area contributed by atoms with Crippen LogP contribution in [0.5, 0.6) is 0 Å². The Balaban J connectivity index is 1.68. The van der Waals surface area contributed by atoms with Gasteiger partial charge in [0.05, 0.1) is 17.7 Å². The highest BCUT2D eigenvalue weighted by Crippen LogP contribution is 2.22. The number of anilines is 2. The van der Waals surface area contributed by atoms with E-state index in [0.29, 0.717) is 0 Å². The number of fused-ring (bicyclic) bond motifs is 1. The van der Waals surface area contributed by atoms with Gasteiger partial charge >= 0.3 is 0 Å². The van der Waals surface area contributed by atoms with Crippen LogP contribution >= 0.6 is 15.9 Å². The summed E-state index contributed by atoms with van der Waals surface area (Å²) in [5.74, 6) is -0.111. The molecular weight excluding hydrogens is 354 g/mol. The quantitative estimate of drug-likeness (QED) is 0.718. The van der Waals surface area contributed by atoms with E-state index in [1.54, 1.807) is 6.20 Å². The van der Waals surface area contributed by atoms with Crippen LogP contribution in [0, 0.1) is 6.92 Å². The molecule has 23 heavy (non-hydrogen) atoms. The maximum atomic E-state index is 12.2. The van der Waals surface area contributed by atoms with Crippen LogP contribution in [-0.4, -0.2) is 17.4 Å². The van der Waals surface area contributed by atoms with Crippen molar-refractivity contribution in [1.29, 1.82) is 0 Å². The van der Waals surface area contributed by atoms with E-state index < -0.39 is 0 Å². The maximum Gasteiger partial charge on any atom is 0.243 e. The summed E-state index contributed by atoms with van der Waals surface area (Å²) in [5.41, 5.74) is 3.57. The maximum absolute atomic E-state index is 12.2. The van der Waals surface area contributed by atoms with E-state index >= 15 is 0 Å². The Morgan fingerprint density at radius 2 is 2.00 bits per heavy atom. The number of carbonyl (C=O) groups excluding carboxylic acids is 1. The Morgan fingerprint density at radius 3 is 2.83 bits per heavy atom. The Bertz CT molecular complexity index is 859. The Kier molecular flexibility index (Phi) is 4.57. The molecular formula is C18H16BrN3O. The Labute approximate surface area is 143 Å². The topological polar surface area (TPSA) is 54.0 Å². The lowest BCUT2D eigenvalue weighted by Gasteiger charge is -2.10. The predicted molar refractivity (Wildman–Crippen MR) is 97.7 cm³/mol. The van der Waals surface area contributed by atoms with Crippen molar-refractivity contribution in [2.24, 2.45) is 0 Å².